The van der Waals surface area contributed by atoms with E-state index in [1.807, 2.05) is 12.1 Å². The fourth-order valence-corrected chi connectivity index (χ4v) is 2.58. The maximum atomic E-state index is 11.9. The Labute approximate surface area is 144 Å². The van der Waals surface area contributed by atoms with E-state index in [4.69, 9.17) is 9.26 Å². The van der Waals surface area contributed by atoms with E-state index in [1.54, 1.807) is 20.0 Å². The maximum Gasteiger partial charge on any atom is 0.397 e. The molecule has 0 N–H and O–H groups in total. The topological polar surface area (TPSA) is 102 Å². The van der Waals surface area contributed by atoms with Crippen molar-refractivity contribution in [2.45, 2.75) is 13.8 Å². The number of anilines is 1. The lowest BCUT2D eigenvalue weighted by Gasteiger charge is -2.34. The molecule has 0 bridgehead atoms. The van der Waals surface area contributed by atoms with Crippen LogP contribution in [0.4, 0.5) is 5.82 Å². The monoisotopic (exact) mass is 345 g/mol. The smallest absolute Gasteiger partial charge is 0.397 e. The standard InChI is InChI=1S/C16H19N5O4/c1-3-24-16(23)15(22)21-8-6-20(7-9-21)13-5-4-12(10-17-13)14-18-11(2)25-19-14/h4-5,10H,3,6-9H2,1-2H3. The number of rotatable bonds is 3. The van der Waals surface area contributed by atoms with Gasteiger partial charge in [0.15, 0.2) is 0 Å². The fraction of sp³-hybridized carbons (Fsp3) is 0.438. The zero-order chi connectivity index (χ0) is 17.8. The van der Waals surface area contributed by atoms with Crippen LogP contribution in [0.5, 0.6) is 0 Å². The summed E-state index contributed by atoms with van der Waals surface area (Å²) in [6.07, 6.45) is 1.69. The third kappa shape index (κ3) is 3.76. The number of hydrogen-bond acceptors (Lipinski definition) is 8. The van der Waals surface area contributed by atoms with Gasteiger partial charge in [0.2, 0.25) is 11.7 Å². The first kappa shape index (κ1) is 16.9. The largest absolute Gasteiger partial charge is 0.459 e. The molecule has 132 valence electrons. The first-order chi connectivity index (χ1) is 12.1. The molecule has 1 aliphatic rings. The van der Waals surface area contributed by atoms with Crippen molar-refractivity contribution in [2.75, 3.05) is 37.7 Å². The average Bonchev–Trinajstić information content (AvgIpc) is 3.08. The molecule has 0 atom stereocenters. The second kappa shape index (κ2) is 7.29. The van der Waals surface area contributed by atoms with Crippen molar-refractivity contribution in [3.8, 4) is 11.4 Å². The highest BCUT2D eigenvalue weighted by Gasteiger charge is 2.27. The Morgan fingerprint density at radius 1 is 1.24 bits per heavy atom. The molecule has 0 unspecified atom stereocenters. The number of piperazine rings is 1. The van der Waals surface area contributed by atoms with Crippen molar-refractivity contribution in [2.24, 2.45) is 0 Å². The first-order valence-electron chi connectivity index (χ1n) is 8.06. The molecule has 2 aromatic rings. The fourth-order valence-electron chi connectivity index (χ4n) is 2.58. The Kier molecular flexibility index (Phi) is 4.92. The average molecular weight is 345 g/mol. The van der Waals surface area contributed by atoms with Crippen molar-refractivity contribution in [3.05, 3.63) is 24.2 Å². The van der Waals surface area contributed by atoms with Crippen LogP contribution in [0.15, 0.2) is 22.9 Å². The molecular formula is C16H19N5O4. The van der Waals surface area contributed by atoms with Crippen LogP contribution in [0.2, 0.25) is 0 Å². The van der Waals surface area contributed by atoms with Gasteiger partial charge in [-0.2, -0.15) is 4.98 Å². The summed E-state index contributed by atoms with van der Waals surface area (Å²) in [4.78, 5) is 35.6. The molecule has 0 saturated carbocycles. The molecular weight excluding hydrogens is 326 g/mol. The predicted octanol–water partition coefficient (Wildman–Crippen LogP) is 0.652. The molecule has 0 spiro atoms. The molecule has 3 rings (SSSR count). The van der Waals surface area contributed by atoms with Crippen LogP contribution in [0.3, 0.4) is 0 Å². The number of carbonyl (C=O) groups excluding carboxylic acids is 2. The highest BCUT2D eigenvalue weighted by atomic mass is 16.5. The Bertz CT molecular complexity index is 750. The Morgan fingerprint density at radius 3 is 2.56 bits per heavy atom. The van der Waals surface area contributed by atoms with Gasteiger partial charge in [-0.1, -0.05) is 5.16 Å². The number of ether oxygens (including phenoxy) is 1. The normalized spacial score (nSPS) is 14.5. The highest BCUT2D eigenvalue weighted by molar-refractivity contribution is 6.32. The summed E-state index contributed by atoms with van der Waals surface area (Å²) >= 11 is 0. The molecule has 3 heterocycles. The minimum atomic E-state index is -0.797. The van der Waals surface area contributed by atoms with E-state index in [9.17, 15) is 9.59 Å². The van der Waals surface area contributed by atoms with Gasteiger partial charge in [0, 0.05) is 44.9 Å². The van der Waals surface area contributed by atoms with Crippen LogP contribution in [0.1, 0.15) is 12.8 Å². The van der Waals surface area contributed by atoms with Gasteiger partial charge in [-0.15, -0.1) is 0 Å². The van der Waals surface area contributed by atoms with E-state index >= 15 is 0 Å². The van der Waals surface area contributed by atoms with Crippen molar-refractivity contribution in [3.63, 3.8) is 0 Å². The molecule has 0 aromatic carbocycles. The second-order valence-corrected chi connectivity index (χ2v) is 5.54. The van der Waals surface area contributed by atoms with Gasteiger partial charge in [0.25, 0.3) is 0 Å². The molecule has 2 aromatic heterocycles. The number of hydrogen-bond donors (Lipinski definition) is 0. The minimum Gasteiger partial charge on any atom is -0.459 e. The van der Waals surface area contributed by atoms with Gasteiger partial charge in [-0.3, -0.25) is 4.79 Å². The highest BCUT2D eigenvalue weighted by Crippen LogP contribution is 2.19. The summed E-state index contributed by atoms with van der Waals surface area (Å²) in [5, 5.41) is 3.86. The molecule has 9 nitrogen and oxygen atoms in total. The quantitative estimate of drug-likeness (QED) is 0.590. The summed E-state index contributed by atoms with van der Waals surface area (Å²) in [5.74, 6) is 0.418. The van der Waals surface area contributed by atoms with Crippen molar-refractivity contribution >= 4 is 17.7 Å². The van der Waals surface area contributed by atoms with Gasteiger partial charge in [-0.05, 0) is 19.1 Å². The lowest BCUT2D eigenvalue weighted by Crippen LogP contribution is -2.51. The van der Waals surface area contributed by atoms with Gasteiger partial charge in [-0.25, -0.2) is 9.78 Å². The molecule has 1 fully saturated rings. The van der Waals surface area contributed by atoms with E-state index in [0.29, 0.717) is 37.9 Å². The number of carbonyl (C=O) groups is 2. The number of aromatic nitrogens is 3. The zero-order valence-electron chi connectivity index (χ0n) is 14.1. The summed E-state index contributed by atoms with van der Waals surface area (Å²) < 4.78 is 9.71. The van der Waals surface area contributed by atoms with Crippen LogP contribution >= 0.6 is 0 Å². The first-order valence-corrected chi connectivity index (χ1v) is 8.06. The van der Waals surface area contributed by atoms with Crippen LogP contribution in [0.25, 0.3) is 11.4 Å². The number of nitrogens with zero attached hydrogens (tertiary/aromatic N) is 5. The second-order valence-electron chi connectivity index (χ2n) is 5.54. The molecule has 25 heavy (non-hydrogen) atoms. The summed E-state index contributed by atoms with van der Waals surface area (Å²) in [6.45, 7) is 5.69. The molecule has 1 saturated heterocycles. The van der Waals surface area contributed by atoms with Crippen LogP contribution in [-0.4, -0.2) is 64.7 Å². The van der Waals surface area contributed by atoms with Crippen molar-refractivity contribution in [1.82, 2.24) is 20.0 Å². The Balaban J connectivity index is 1.59. The van der Waals surface area contributed by atoms with Gasteiger partial charge >= 0.3 is 11.9 Å². The third-order valence-corrected chi connectivity index (χ3v) is 3.87. The van der Waals surface area contributed by atoms with Crippen LogP contribution in [0, 0.1) is 6.92 Å². The zero-order valence-corrected chi connectivity index (χ0v) is 14.1. The van der Waals surface area contributed by atoms with Crippen LogP contribution in [-0.2, 0) is 14.3 Å². The summed E-state index contributed by atoms with van der Waals surface area (Å²) in [6, 6.07) is 3.76. The predicted molar refractivity (Wildman–Crippen MR) is 87.7 cm³/mol. The Hall–Kier alpha value is -2.97. The maximum absolute atomic E-state index is 11.9. The SMILES string of the molecule is CCOC(=O)C(=O)N1CCN(c2ccc(-c3noc(C)n3)cn2)CC1. The van der Waals surface area contributed by atoms with E-state index in [2.05, 4.69) is 20.0 Å². The molecule has 9 heteroatoms. The molecule has 1 amide bonds. The third-order valence-electron chi connectivity index (χ3n) is 3.87. The number of amides is 1. The van der Waals surface area contributed by atoms with E-state index in [1.165, 1.54) is 4.90 Å². The minimum absolute atomic E-state index is 0.195. The number of esters is 1. The Morgan fingerprint density at radius 2 is 2.00 bits per heavy atom. The molecule has 1 aliphatic heterocycles. The number of aryl methyl sites for hydroxylation is 1. The van der Waals surface area contributed by atoms with Gasteiger partial charge < -0.3 is 19.1 Å². The van der Waals surface area contributed by atoms with Crippen molar-refractivity contribution in [1.29, 1.82) is 0 Å². The number of pyridine rings is 1. The summed E-state index contributed by atoms with van der Waals surface area (Å²) in [7, 11) is 0. The van der Waals surface area contributed by atoms with Gasteiger partial charge in [0.1, 0.15) is 5.82 Å². The molecule has 0 radical (unpaired) electrons. The van der Waals surface area contributed by atoms with Crippen molar-refractivity contribution < 1.29 is 18.8 Å². The lowest BCUT2D eigenvalue weighted by atomic mass is 10.2. The van der Waals surface area contributed by atoms with E-state index < -0.39 is 11.9 Å². The van der Waals surface area contributed by atoms with Gasteiger partial charge in [0.05, 0.1) is 6.61 Å². The molecule has 0 aliphatic carbocycles. The van der Waals surface area contributed by atoms with E-state index in [0.717, 1.165) is 11.4 Å². The van der Waals surface area contributed by atoms with Crippen LogP contribution < -0.4 is 4.90 Å². The summed E-state index contributed by atoms with van der Waals surface area (Å²) in [5.41, 5.74) is 0.775. The lowest BCUT2D eigenvalue weighted by molar-refractivity contribution is -0.160. The van der Waals surface area contributed by atoms with E-state index in [-0.39, 0.29) is 6.61 Å².